The molecule has 1 saturated heterocycles. The van der Waals surface area contributed by atoms with E-state index in [1.54, 1.807) is 18.6 Å². The fourth-order valence-corrected chi connectivity index (χ4v) is 4.05. The van der Waals surface area contributed by atoms with Gasteiger partial charge in [-0.25, -0.2) is 4.98 Å². The van der Waals surface area contributed by atoms with Crippen molar-refractivity contribution in [3.63, 3.8) is 0 Å². The summed E-state index contributed by atoms with van der Waals surface area (Å²) in [6, 6.07) is 10.1. The molecular formula is C19H19N5OS. The summed E-state index contributed by atoms with van der Waals surface area (Å²) in [6.45, 7) is 1.24. The van der Waals surface area contributed by atoms with Crippen molar-refractivity contribution in [1.29, 1.82) is 0 Å². The number of carbonyl (C=O) groups excluding carboxylic acids is 1. The molecule has 6 nitrogen and oxygen atoms in total. The van der Waals surface area contributed by atoms with Crippen molar-refractivity contribution in [2.45, 2.75) is 18.4 Å². The molecule has 1 amide bonds. The number of hydrogen-bond donors (Lipinski definition) is 1. The van der Waals surface area contributed by atoms with Crippen molar-refractivity contribution in [2.75, 3.05) is 13.1 Å². The van der Waals surface area contributed by atoms with E-state index in [2.05, 4.69) is 27.1 Å². The third-order valence-electron chi connectivity index (χ3n) is 4.61. The Morgan fingerprint density at radius 3 is 2.85 bits per heavy atom. The molecular weight excluding hydrogens is 346 g/mol. The van der Waals surface area contributed by atoms with Gasteiger partial charge in [0.1, 0.15) is 10.7 Å². The van der Waals surface area contributed by atoms with Crippen molar-refractivity contribution < 1.29 is 4.79 Å². The first-order valence-corrected chi connectivity index (χ1v) is 9.38. The Morgan fingerprint density at radius 2 is 2.08 bits per heavy atom. The number of thiazole rings is 1. The van der Waals surface area contributed by atoms with E-state index in [1.165, 1.54) is 16.9 Å². The summed E-state index contributed by atoms with van der Waals surface area (Å²) in [6.07, 6.45) is 5.22. The van der Waals surface area contributed by atoms with Gasteiger partial charge in [-0.1, -0.05) is 30.3 Å². The van der Waals surface area contributed by atoms with Gasteiger partial charge >= 0.3 is 0 Å². The van der Waals surface area contributed by atoms with Crippen LogP contribution < -0.4 is 5.73 Å². The highest BCUT2D eigenvalue weighted by atomic mass is 32.1. The zero-order valence-electron chi connectivity index (χ0n) is 14.2. The normalized spacial score (nSPS) is 19.7. The Kier molecular flexibility index (Phi) is 4.73. The van der Waals surface area contributed by atoms with Crippen molar-refractivity contribution in [3.05, 3.63) is 65.6 Å². The molecule has 0 spiro atoms. The minimum absolute atomic E-state index is 0.0352. The number of carbonyl (C=O) groups is 1. The number of nitrogens with zero attached hydrogens (tertiary/aromatic N) is 4. The predicted octanol–water partition coefficient (Wildman–Crippen LogP) is 2.10. The second-order valence-electron chi connectivity index (χ2n) is 6.39. The fourth-order valence-electron chi connectivity index (χ4n) is 3.27. The molecule has 2 aromatic heterocycles. The van der Waals surface area contributed by atoms with Crippen LogP contribution in [0.4, 0.5) is 0 Å². The van der Waals surface area contributed by atoms with Crippen molar-refractivity contribution in [3.8, 4) is 10.7 Å². The van der Waals surface area contributed by atoms with Crippen LogP contribution >= 0.6 is 11.3 Å². The van der Waals surface area contributed by atoms with Gasteiger partial charge in [0, 0.05) is 42.8 Å². The molecule has 1 fully saturated rings. The zero-order chi connectivity index (χ0) is 17.9. The lowest BCUT2D eigenvalue weighted by atomic mass is 9.95. The highest BCUT2D eigenvalue weighted by Crippen LogP contribution is 2.27. The summed E-state index contributed by atoms with van der Waals surface area (Å²) in [5, 5.41) is 2.69. The van der Waals surface area contributed by atoms with Crippen molar-refractivity contribution in [2.24, 2.45) is 5.73 Å². The van der Waals surface area contributed by atoms with Crippen LogP contribution in [0.1, 0.15) is 17.2 Å². The molecule has 0 bridgehead atoms. The zero-order valence-corrected chi connectivity index (χ0v) is 15.0. The number of hydrogen-bond acceptors (Lipinski definition) is 6. The van der Waals surface area contributed by atoms with Crippen LogP contribution in [0.2, 0.25) is 0 Å². The first-order chi connectivity index (χ1) is 12.7. The first-order valence-electron chi connectivity index (χ1n) is 8.50. The van der Waals surface area contributed by atoms with Crippen LogP contribution in [-0.4, -0.2) is 44.9 Å². The van der Waals surface area contributed by atoms with Gasteiger partial charge in [0.05, 0.1) is 18.3 Å². The van der Waals surface area contributed by atoms with Crippen molar-refractivity contribution in [1.82, 2.24) is 19.9 Å². The second kappa shape index (κ2) is 7.31. The van der Waals surface area contributed by atoms with E-state index >= 15 is 0 Å². The van der Waals surface area contributed by atoms with Crippen LogP contribution in [0.15, 0.2) is 54.3 Å². The molecule has 7 heteroatoms. The Labute approximate surface area is 155 Å². The number of likely N-dealkylation sites (tertiary alicyclic amines) is 1. The van der Waals surface area contributed by atoms with Gasteiger partial charge in [-0.3, -0.25) is 14.8 Å². The number of nitrogens with two attached hydrogens (primary N) is 1. The van der Waals surface area contributed by atoms with Gasteiger partial charge in [0.25, 0.3) is 0 Å². The smallest absolute Gasteiger partial charge is 0.228 e. The van der Waals surface area contributed by atoms with E-state index in [0.717, 1.165) is 16.4 Å². The summed E-state index contributed by atoms with van der Waals surface area (Å²) < 4.78 is 0. The van der Waals surface area contributed by atoms with Gasteiger partial charge in [-0.05, 0) is 5.56 Å². The van der Waals surface area contributed by atoms with Gasteiger partial charge in [0.15, 0.2) is 0 Å². The molecule has 3 aromatic rings. The van der Waals surface area contributed by atoms with E-state index in [1.807, 2.05) is 28.5 Å². The monoisotopic (exact) mass is 365 g/mol. The average molecular weight is 365 g/mol. The third kappa shape index (κ3) is 3.49. The lowest BCUT2D eigenvalue weighted by molar-refractivity contribution is -0.129. The van der Waals surface area contributed by atoms with Gasteiger partial charge in [-0.2, -0.15) is 0 Å². The molecule has 0 aliphatic carbocycles. The Bertz CT molecular complexity index is 883. The van der Waals surface area contributed by atoms with Crippen LogP contribution in [0.25, 0.3) is 10.7 Å². The molecule has 1 aliphatic rings. The predicted molar refractivity (Wildman–Crippen MR) is 101 cm³/mol. The molecule has 2 atom stereocenters. The van der Waals surface area contributed by atoms with Gasteiger partial charge < -0.3 is 10.6 Å². The molecule has 1 aromatic carbocycles. The van der Waals surface area contributed by atoms with Crippen LogP contribution in [0.3, 0.4) is 0 Å². The molecule has 1 aliphatic heterocycles. The van der Waals surface area contributed by atoms with E-state index < -0.39 is 0 Å². The Morgan fingerprint density at radius 1 is 1.23 bits per heavy atom. The highest BCUT2D eigenvalue weighted by molar-refractivity contribution is 7.13. The van der Waals surface area contributed by atoms with E-state index in [9.17, 15) is 4.79 Å². The first kappa shape index (κ1) is 16.8. The summed E-state index contributed by atoms with van der Waals surface area (Å²) in [7, 11) is 0. The van der Waals surface area contributed by atoms with Crippen LogP contribution in [0, 0.1) is 0 Å². The third-order valence-corrected chi connectivity index (χ3v) is 5.53. The van der Waals surface area contributed by atoms with E-state index in [0.29, 0.717) is 13.1 Å². The average Bonchev–Trinajstić information content (AvgIpc) is 3.30. The lowest BCUT2D eigenvalue weighted by Crippen LogP contribution is -2.33. The van der Waals surface area contributed by atoms with E-state index in [4.69, 9.17) is 5.73 Å². The molecule has 0 saturated carbocycles. The second-order valence-corrected chi connectivity index (χ2v) is 7.25. The molecule has 4 rings (SSSR count). The standard InChI is InChI=1S/C19H19N5OS/c20-16-11-24(10-15(16)13-4-2-1-3-5-13)18(25)8-14-12-26-19(23-14)17-9-21-6-7-22-17/h1-7,9,12,15-16H,8,10-11,20H2/t15-,16+/m0/s1. The maximum absolute atomic E-state index is 12.7. The topological polar surface area (TPSA) is 85.0 Å². The summed E-state index contributed by atoms with van der Waals surface area (Å²) in [5.41, 5.74) is 8.97. The van der Waals surface area contributed by atoms with E-state index in [-0.39, 0.29) is 24.3 Å². The summed E-state index contributed by atoms with van der Waals surface area (Å²) in [5.74, 6) is 0.251. The number of amides is 1. The number of rotatable bonds is 4. The summed E-state index contributed by atoms with van der Waals surface area (Å²) >= 11 is 1.48. The number of aromatic nitrogens is 3. The van der Waals surface area contributed by atoms with Gasteiger partial charge in [-0.15, -0.1) is 11.3 Å². The summed E-state index contributed by atoms with van der Waals surface area (Å²) in [4.78, 5) is 27.4. The van der Waals surface area contributed by atoms with Crippen LogP contribution in [-0.2, 0) is 11.2 Å². The van der Waals surface area contributed by atoms with Gasteiger partial charge in [0.2, 0.25) is 5.91 Å². The SMILES string of the molecule is N[C@@H]1CN(C(=O)Cc2csc(-c3cnccn3)n2)C[C@H]1c1ccccc1. The largest absolute Gasteiger partial charge is 0.340 e. The molecule has 0 radical (unpaired) electrons. The van der Waals surface area contributed by atoms with Crippen molar-refractivity contribution >= 4 is 17.2 Å². The Balaban J connectivity index is 1.42. The fraction of sp³-hybridized carbons (Fsp3) is 0.263. The minimum Gasteiger partial charge on any atom is -0.340 e. The highest BCUT2D eigenvalue weighted by Gasteiger charge is 2.33. The lowest BCUT2D eigenvalue weighted by Gasteiger charge is -2.16. The molecule has 0 unspecified atom stereocenters. The quantitative estimate of drug-likeness (QED) is 0.765. The molecule has 26 heavy (non-hydrogen) atoms. The molecule has 2 N–H and O–H groups in total. The van der Waals surface area contributed by atoms with Crippen LogP contribution in [0.5, 0.6) is 0 Å². The molecule has 3 heterocycles. The number of benzene rings is 1. The Hall–Kier alpha value is -2.64. The molecule has 132 valence electrons. The minimum atomic E-state index is -0.0352. The maximum atomic E-state index is 12.7. The maximum Gasteiger partial charge on any atom is 0.228 e.